The summed E-state index contributed by atoms with van der Waals surface area (Å²) in [4.78, 5) is 18.6. The molecular formula is C22H24N4O. The first-order valence-corrected chi connectivity index (χ1v) is 9.74. The van der Waals surface area contributed by atoms with Crippen LogP contribution in [0.5, 0.6) is 0 Å². The molecule has 5 nitrogen and oxygen atoms in total. The Hall–Kier alpha value is -2.79. The lowest BCUT2D eigenvalue weighted by Crippen LogP contribution is -2.49. The topological polar surface area (TPSA) is 60.2 Å². The van der Waals surface area contributed by atoms with Gasteiger partial charge in [0.2, 0.25) is 0 Å². The molecule has 0 bridgehead atoms. The van der Waals surface area contributed by atoms with Gasteiger partial charge in [0, 0.05) is 41.4 Å². The smallest absolute Gasteiger partial charge is 0.319 e. The van der Waals surface area contributed by atoms with Crippen LogP contribution < -0.4 is 10.6 Å². The number of nitrogens with zero attached hydrogens (tertiary/aromatic N) is 1. The maximum atomic E-state index is 12.4. The van der Waals surface area contributed by atoms with E-state index >= 15 is 0 Å². The van der Waals surface area contributed by atoms with Crippen LogP contribution in [0.15, 0.2) is 54.6 Å². The van der Waals surface area contributed by atoms with Crippen LogP contribution in [0.25, 0.3) is 10.9 Å². The number of amides is 2. The number of aromatic nitrogens is 1. The molecule has 2 aliphatic rings. The van der Waals surface area contributed by atoms with Gasteiger partial charge in [0.05, 0.1) is 6.04 Å². The number of fused-ring (bicyclic) bond motifs is 5. The second kappa shape index (κ2) is 6.74. The summed E-state index contributed by atoms with van der Waals surface area (Å²) in [6.07, 6.45) is 3.04. The van der Waals surface area contributed by atoms with Crippen molar-refractivity contribution in [3.8, 4) is 0 Å². The molecule has 3 N–H and O–H groups in total. The van der Waals surface area contributed by atoms with Gasteiger partial charge >= 0.3 is 6.03 Å². The lowest BCUT2D eigenvalue weighted by Gasteiger charge is -2.42. The number of benzene rings is 2. The van der Waals surface area contributed by atoms with Gasteiger partial charge in [-0.15, -0.1) is 0 Å². The highest BCUT2D eigenvalue weighted by molar-refractivity contribution is 5.89. The molecule has 2 aromatic carbocycles. The molecule has 0 spiro atoms. The number of hydrogen-bond acceptors (Lipinski definition) is 2. The Morgan fingerprint density at radius 3 is 2.74 bits per heavy atom. The molecule has 2 atom stereocenters. The number of hydrogen-bond donors (Lipinski definition) is 3. The number of H-pyrrole nitrogens is 1. The minimum Gasteiger partial charge on any atom is -0.357 e. The number of carbonyl (C=O) groups excluding carboxylic acids is 1. The van der Waals surface area contributed by atoms with Gasteiger partial charge in [0.15, 0.2) is 0 Å². The lowest BCUT2D eigenvalue weighted by atomic mass is 9.88. The van der Waals surface area contributed by atoms with Crippen molar-refractivity contribution >= 4 is 22.6 Å². The normalized spacial score (nSPS) is 22.1. The number of anilines is 1. The predicted octanol–water partition coefficient (Wildman–Crippen LogP) is 4.05. The third-order valence-electron chi connectivity index (χ3n) is 5.91. The number of urea groups is 1. The first-order chi connectivity index (χ1) is 13.3. The second-order valence-corrected chi connectivity index (χ2v) is 7.55. The van der Waals surface area contributed by atoms with Gasteiger partial charge < -0.3 is 15.6 Å². The fraction of sp³-hybridized carbons (Fsp3) is 0.318. The molecule has 1 saturated heterocycles. The van der Waals surface area contributed by atoms with E-state index in [2.05, 4.69) is 44.8 Å². The van der Waals surface area contributed by atoms with E-state index in [0.29, 0.717) is 6.04 Å². The van der Waals surface area contributed by atoms with Crippen LogP contribution in [0, 0.1) is 0 Å². The van der Waals surface area contributed by atoms with Crippen LogP contribution in [-0.2, 0) is 6.42 Å². The fourth-order valence-electron chi connectivity index (χ4n) is 4.62. The van der Waals surface area contributed by atoms with Crippen LogP contribution in [0.2, 0.25) is 0 Å². The largest absolute Gasteiger partial charge is 0.357 e. The van der Waals surface area contributed by atoms with Crippen LogP contribution in [0.3, 0.4) is 0 Å². The van der Waals surface area contributed by atoms with E-state index in [1.807, 2.05) is 30.3 Å². The van der Waals surface area contributed by atoms with E-state index in [1.54, 1.807) is 0 Å². The Balaban J connectivity index is 1.32. The van der Waals surface area contributed by atoms with Crippen LogP contribution in [0.1, 0.15) is 30.1 Å². The first-order valence-electron chi connectivity index (χ1n) is 9.74. The number of carbonyl (C=O) groups is 1. The van der Waals surface area contributed by atoms with Crippen molar-refractivity contribution in [3.63, 3.8) is 0 Å². The quantitative estimate of drug-likeness (QED) is 0.646. The van der Waals surface area contributed by atoms with Crippen LogP contribution in [0.4, 0.5) is 10.5 Å². The highest BCUT2D eigenvalue weighted by Crippen LogP contribution is 2.39. The molecule has 0 aliphatic carbocycles. The second-order valence-electron chi connectivity index (χ2n) is 7.55. The molecule has 1 fully saturated rings. The zero-order valence-electron chi connectivity index (χ0n) is 15.2. The summed E-state index contributed by atoms with van der Waals surface area (Å²) in [7, 11) is 0. The molecule has 1 aromatic heterocycles. The number of piperidine rings is 1. The molecule has 2 amide bonds. The zero-order chi connectivity index (χ0) is 18.2. The van der Waals surface area contributed by atoms with Crippen molar-refractivity contribution < 1.29 is 4.79 Å². The molecule has 0 unspecified atom stereocenters. The molecule has 3 heterocycles. The van der Waals surface area contributed by atoms with Gasteiger partial charge in [0.1, 0.15) is 0 Å². The third kappa shape index (κ3) is 3.08. The average Bonchev–Trinajstić information content (AvgIpc) is 3.08. The third-order valence-corrected chi connectivity index (χ3v) is 5.91. The number of aromatic amines is 1. The monoisotopic (exact) mass is 360 g/mol. The molecular weight excluding hydrogens is 336 g/mol. The Morgan fingerprint density at radius 1 is 1.04 bits per heavy atom. The average molecular weight is 360 g/mol. The predicted molar refractivity (Wildman–Crippen MR) is 108 cm³/mol. The highest BCUT2D eigenvalue weighted by atomic mass is 16.2. The molecule has 0 saturated carbocycles. The maximum Gasteiger partial charge on any atom is 0.319 e. The van der Waals surface area contributed by atoms with Crippen LogP contribution in [-0.4, -0.2) is 35.0 Å². The molecule has 2 aliphatic heterocycles. The summed E-state index contributed by atoms with van der Waals surface area (Å²) in [5.41, 5.74) is 4.85. The Morgan fingerprint density at radius 2 is 1.85 bits per heavy atom. The maximum absolute atomic E-state index is 12.4. The minimum absolute atomic E-state index is 0.118. The highest BCUT2D eigenvalue weighted by Gasteiger charge is 2.35. The Labute approximate surface area is 158 Å². The molecule has 5 heteroatoms. The number of para-hydroxylation sites is 2. The summed E-state index contributed by atoms with van der Waals surface area (Å²) in [6, 6.07) is 18.6. The van der Waals surface area contributed by atoms with E-state index in [1.165, 1.54) is 22.2 Å². The van der Waals surface area contributed by atoms with Crippen LogP contribution >= 0.6 is 0 Å². The van der Waals surface area contributed by atoms with E-state index in [0.717, 1.165) is 38.0 Å². The Kier molecular flexibility index (Phi) is 4.09. The van der Waals surface area contributed by atoms with Gasteiger partial charge in [-0.05, 0) is 43.0 Å². The SMILES string of the molecule is O=C(Nc1ccccc1)N[C@@H]1CCN2CCc3c([nH]c4ccccc34)[C@@H]2C1. The lowest BCUT2D eigenvalue weighted by molar-refractivity contribution is 0.116. The van der Waals surface area contributed by atoms with Crippen molar-refractivity contribution in [3.05, 3.63) is 65.9 Å². The van der Waals surface area contributed by atoms with Crippen molar-refractivity contribution in [1.29, 1.82) is 0 Å². The van der Waals surface area contributed by atoms with Crippen molar-refractivity contribution in [1.82, 2.24) is 15.2 Å². The summed E-state index contributed by atoms with van der Waals surface area (Å²) in [5.74, 6) is 0. The summed E-state index contributed by atoms with van der Waals surface area (Å²) in [5, 5.41) is 7.46. The van der Waals surface area contributed by atoms with Crippen molar-refractivity contribution in [2.24, 2.45) is 0 Å². The fourth-order valence-corrected chi connectivity index (χ4v) is 4.62. The minimum atomic E-state index is -0.118. The molecule has 138 valence electrons. The molecule has 5 rings (SSSR count). The number of rotatable bonds is 2. The van der Waals surface area contributed by atoms with E-state index < -0.39 is 0 Å². The number of nitrogens with one attached hydrogen (secondary N) is 3. The van der Waals surface area contributed by atoms with Crippen molar-refractivity contribution in [2.75, 3.05) is 18.4 Å². The van der Waals surface area contributed by atoms with Gasteiger partial charge in [-0.2, -0.15) is 0 Å². The van der Waals surface area contributed by atoms with E-state index in [4.69, 9.17) is 0 Å². The van der Waals surface area contributed by atoms with Gasteiger partial charge in [-0.1, -0.05) is 36.4 Å². The van der Waals surface area contributed by atoms with Gasteiger partial charge in [-0.3, -0.25) is 4.90 Å². The summed E-state index contributed by atoms with van der Waals surface area (Å²) in [6.45, 7) is 2.12. The van der Waals surface area contributed by atoms with E-state index in [-0.39, 0.29) is 12.1 Å². The Bertz CT molecular complexity index is 965. The molecule has 27 heavy (non-hydrogen) atoms. The zero-order valence-corrected chi connectivity index (χ0v) is 15.2. The standard InChI is InChI=1S/C22H24N4O/c27-22(23-15-6-2-1-3-7-15)24-16-10-12-26-13-11-18-17-8-4-5-9-19(17)25-21(18)20(26)14-16/h1-9,16,20,25H,10-14H2,(H2,23,24,27)/t16-,20+/m1/s1. The van der Waals surface area contributed by atoms with E-state index in [9.17, 15) is 4.79 Å². The summed E-state index contributed by atoms with van der Waals surface area (Å²) >= 11 is 0. The molecule has 3 aromatic rings. The van der Waals surface area contributed by atoms with Crippen molar-refractivity contribution in [2.45, 2.75) is 31.3 Å². The molecule has 0 radical (unpaired) electrons. The summed E-state index contributed by atoms with van der Waals surface area (Å²) < 4.78 is 0. The first kappa shape index (κ1) is 16.4. The van der Waals surface area contributed by atoms with Gasteiger partial charge in [0.25, 0.3) is 0 Å². The van der Waals surface area contributed by atoms with Gasteiger partial charge in [-0.25, -0.2) is 4.79 Å².